The molecular formula is C15H23N3O. The molecule has 104 valence electrons. The highest BCUT2D eigenvalue weighted by Gasteiger charge is 2.27. The lowest BCUT2D eigenvalue weighted by Gasteiger charge is -2.28. The van der Waals surface area contributed by atoms with Crippen molar-refractivity contribution in [3.63, 3.8) is 0 Å². The molecule has 2 rings (SSSR count). The summed E-state index contributed by atoms with van der Waals surface area (Å²) in [5.41, 5.74) is 2.53. The van der Waals surface area contributed by atoms with E-state index in [1.54, 1.807) is 0 Å². The Morgan fingerprint density at radius 3 is 2.79 bits per heavy atom. The van der Waals surface area contributed by atoms with E-state index in [1.165, 1.54) is 11.1 Å². The van der Waals surface area contributed by atoms with Crippen molar-refractivity contribution in [2.45, 2.75) is 25.9 Å². The van der Waals surface area contributed by atoms with Crippen LogP contribution in [0.2, 0.25) is 0 Å². The summed E-state index contributed by atoms with van der Waals surface area (Å²) < 4.78 is 0. The fraction of sp³-hybridized carbons (Fsp3) is 0.533. The topological polar surface area (TPSA) is 44.4 Å². The Balaban J connectivity index is 2.09. The average Bonchev–Trinajstić information content (AvgIpc) is 2.57. The summed E-state index contributed by atoms with van der Waals surface area (Å²) in [5.74, 6) is 0.138. The second-order valence-electron chi connectivity index (χ2n) is 5.17. The van der Waals surface area contributed by atoms with E-state index in [0.29, 0.717) is 6.54 Å². The standard InChI is InChI=1S/C15H23N3O/c1-12-4-6-13(7-5-12)11-18-9-3-8-17-15(19)14(18)10-16-2/h4-7,14,16H,3,8-11H2,1-2H3,(H,17,19). The molecule has 1 aliphatic heterocycles. The minimum atomic E-state index is -0.0752. The maximum atomic E-state index is 12.1. The highest BCUT2D eigenvalue weighted by Crippen LogP contribution is 2.12. The Bertz CT molecular complexity index is 416. The second kappa shape index (κ2) is 6.68. The molecule has 0 aliphatic carbocycles. The van der Waals surface area contributed by atoms with Gasteiger partial charge in [0.2, 0.25) is 5.91 Å². The molecule has 1 saturated heterocycles. The van der Waals surface area contributed by atoms with Crippen LogP contribution in [0.15, 0.2) is 24.3 Å². The van der Waals surface area contributed by atoms with Gasteiger partial charge in [0.05, 0.1) is 0 Å². The van der Waals surface area contributed by atoms with Crippen LogP contribution in [0, 0.1) is 6.92 Å². The van der Waals surface area contributed by atoms with Crippen molar-refractivity contribution >= 4 is 5.91 Å². The fourth-order valence-electron chi connectivity index (χ4n) is 2.47. The summed E-state index contributed by atoms with van der Waals surface area (Å²) in [6.07, 6.45) is 1.01. The first-order valence-electron chi connectivity index (χ1n) is 6.92. The lowest BCUT2D eigenvalue weighted by molar-refractivity contribution is -0.125. The van der Waals surface area contributed by atoms with Crippen molar-refractivity contribution in [2.75, 3.05) is 26.7 Å². The highest BCUT2D eigenvalue weighted by atomic mass is 16.2. The number of likely N-dealkylation sites (N-methyl/N-ethyl adjacent to an activating group) is 1. The zero-order valence-corrected chi connectivity index (χ0v) is 11.8. The molecule has 1 aliphatic rings. The van der Waals surface area contributed by atoms with Crippen LogP contribution in [0.25, 0.3) is 0 Å². The normalized spacial score (nSPS) is 20.9. The molecule has 0 saturated carbocycles. The van der Waals surface area contributed by atoms with Gasteiger partial charge in [-0.25, -0.2) is 0 Å². The third-order valence-corrected chi connectivity index (χ3v) is 3.57. The van der Waals surface area contributed by atoms with Crippen LogP contribution in [0.1, 0.15) is 17.5 Å². The number of amides is 1. The first kappa shape index (κ1) is 14.0. The maximum Gasteiger partial charge on any atom is 0.238 e. The van der Waals surface area contributed by atoms with Crippen LogP contribution in [-0.2, 0) is 11.3 Å². The molecule has 1 fully saturated rings. The quantitative estimate of drug-likeness (QED) is 0.846. The van der Waals surface area contributed by atoms with Gasteiger partial charge in [0.25, 0.3) is 0 Å². The van der Waals surface area contributed by atoms with E-state index in [9.17, 15) is 4.79 Å². The molecule has 0 radical (unpaired) electrons. The average molecular weight is 261 g/mol. The van der Waals surface area contributed by atoms with Crippen molar-refractivity contribution in [1.82, 2.24) is 15.5 Å². The first-order chi connectivity index (χ1) is 9.20. The number of hydrogen-bond donors (Lipinski definition) is 2. The van der Waals surface area contributed by atoms with Gasteiger partial charge in [-0.2, -0.15) is 0 Å². The number of rotatable bonds is 4. The molecule has 1 unspecified atom stereocenters. The summed E-state index contributed by atoms with van der Waals surface area (Å²) in [5, 5.41) is 6.10. The number of carbonyl (C=O) groups is 1. The molecule has 1 aromatic rings. The number of hydrogen-bond acceptors (Lipinski definition) is 3. The summed E-state index contributed by atoms with van der Waals surface area (Å²) in [6.45, 7) is 5.35. The fourth-order valence-corrected chi connectivity index (χ4v) is 2.47. The van der Waals surface area contributed by atoms with Crippen LogP contribution in [0.4, 0.5) is 0 Å². The van der Waals surface area contributed by atoms with E-state index >= 15 is 0 Å². The smallest absolute Gasteiger partial charge is 0.238 e. The molecule has 0 bridgehead atoms. The van der Waals surface area contributed by atoms with Gasteiger partial charge >= 0.3 is 0 Å². The number of benzene rings is 1. The van der Waals surface area contributed by atoms with Crippen LogP contribution < -0.4 is 10.6 Å². The molecule has 2 N–H and O–H groups in total. The highest BCUT2D eigenvalue weighted by molar-refractivity contribution is 5.82. The molecule has 1 atom stereocenters. The molecule has 4 nitrogen and oxygen atoms in total. The van der Waals surface area contributed by atoms with Gasteiger partial charge in [-0.05, 0) is 26.0 Å². The second-order valence-corrected chi connectivity index (χ2v) is 5.17. The van der Waals surface area contributed by atoms with E-state index in [0.717, 1.165) is 26.1 Å². The maximum absolute atomic E-state index is 12.1. The van der Waals surface area contributed by atoms with Gasteiger partial charge in [0.15, 0.2) is 0 Å². The monoisotopic (exact) mass is 261 g/mol. The molecule has 1 aromatic carbocycles. The first-order valence-corrected chi connectivity index (χ1v) is 6.92. The van der Waals surface area contributed by atoms with Gasteiger partial charge < -0.3 is 10.6 Å². The molecule has 0 aromatic heterocycles. The number of nitrogens with zero attached hydrogens (tertiary/aromatic N) is 1. The van der Waals surface area contributed by atoms with Crippen LogP contribution in [-0.4, -0.2) is 43.5 Å². The number of aryl methyl sites for hydroxylation is 1. The predicted octanol–water partition coefficient (Wildman–Crippen LogP) is 0.905. The molecule has 1 heterocycles. The summed E-state index contributed by atoms with van der Waals surface area (Å²) in [6, 6.07) is 8.47. The molecule has 1 amide bonds. The zero-order valence-electron chi connectivity index (χ0n) is 11.8. The van der Waals surface area contributed by atoms with Crippen molar-refractivity contribution < 1.29 is 4.79 Å². The molecular weight excluding hydrogens is 238 g/mol. The zero-order chi connectivity index (χ0) is 13.7. The Kier molecular flexibility index (Phi) is 4.93. The summed E-state index contributed by atoms with van der Waals surface area (Å²) in [7, 11) is 1.89. The predicted molar refractivity (Wildman–Crippen MR) is 76.9 cm³/mol. The summed E-state index contributed by atoms with van der Waals surface area (Å²) in [4.78, 5) is 14.3. The number of nitrogens with one attached hydrogen (secondary N) is 2. The van der Waals surface area contributed by atoms with Gasteiger partial charge in [0.1, 0.15) is 6.04 Å². The number of carbonyl (C=O) groups excluding carboxylic acids is 1. The molecule has 0 spiro atoms. The van der Waals surface area contributed by atoms with E-state index in [-0.39, 0.29) is 11.9 Å². The van der Waals surface area contributed by atoms with E-state index in [2.05, 4.69) is 46.7 Å². The van der Waals surface area contributed by atoms with Crippen molar-refractivity contribution in [3.05, 3.63) is 35.4 Å². The van der Waals surface area contributed by atoms with Gasteiger partial charge in [0, 0.05) is 26.2 Å². The van der Waals surface area contributed by atoms with Gasteiger partial charge in [-0.1, -0.05) is 29.8 Å². The third-order valence-electron chi connectivity index (χ3n) is 3.57. The van der Waals surface area contributed by atoms with Crippen molar-refractivity contribution in [1.29, 1.82) is 0 Å². The van der Waals surface area contributed by atoms with Gasteiger partial charge in [-0.15, -0.1) is 0 Å². The Labute approximate surface area is 115 Å². The Morgan fingerprint density at radius 1 is 1.37 bits per heavy atom. The third kappa shape index (κ3) is 3.78. The molecule has 19 heavy (non-hydrogen) atoms. The Hall–Kier alpha value is -1.39. The Morgan fingerprint density at radius 2 is 2.11 bits per heavy atom. The van der Waals surface area contributed by atoms with Crippen LogP contribution >= 0.6 is 0 Å². The minimum Gasteiger partial charge on any atom is -0.355 e. The lowest BCUT2D eigenvalue weighted by atomic mass is 10.1. The SMILES string of the molecule is CNCC1C(=O)NCCCN1Cc1ccc(C)cc1. The van der Waals surface area contributed by atoms with E-state index in [1.807, 2.05) is 7.05 Å². The molecule has 4 heteroatoms. The largest absolute Gasteiger partial charge is 0.355 e. The lowest BCUT2D eigenvalue weighted by Crippen LogP contribution is -2.49. The van der Waals surface area contributed by atoms with Crippen LogP contribution in [0.5, 0.6) is 0 Å². The van der Waals surface area contributed by atoms with Crippen molar-refractivity contribution in [3.8, 4) is 0 Å². The van der Waals surface area contributed by atoms with Gasteiger partial charge in [-0.3, -0.25) is 9.69 Å². The van der Waals surface area contributed by atoms with E-state index in [4.69, 9.17) is 0 Å². The van der Waals surface area contributed by atoms with Crippen molar-refractivity contribution in [2.24, 2.45) is 0 Å². The van der Waals surface area contributed by atoms with Crippen LogP contribution in [0.3, 0.4) is 0 Å². The van der Waals surface area contributed by atoms with E-state index < -0.39 is 0 Å². The summed E-state index contributed by atoms with van der Waals surface area (Å²) >= 11 is 0. The minimum absolute atomic E-state index is 0.0752.